The second-order valence-corrected chi connectivity index (χ2v) is 4.76. The molecule has 0 saturated heterocycles. The van der Waals surface area contributed by atoms with Crippen molar-refractivity contribution >= 4 is 11.7 Å². The lowest BCUT2D eigenvalue weighted by atomic mass is 10.1. The molecular weight excluding hydrogens is 228 g/mol. The minimum atomic E-state index is 0.0215. The number of aromatic nitrogens is 1. The van der Waals surface area contributed by atoms with E-state index >= 15 is 0 Å². The van der Waals surface area contributed by atoms with Gasteiger partial charge in [-0.1, -0.05) is 13.8 Å². The third-order valence-corrected chi connectivity index (χ3v) is 2.60. The Morgan fingerprint density at radius 1 is 1.50 bits per heavy atom. The van der Waals surface area contributed by atoms with Gasteiger partial charge < -0.3 is 10.3 Å². The van der Waals surface area contributed by atoms with E-state index in [1.54, 1.807) is 12.1 Å². The Morgan fingerprint density at radius 3 is 2.67 bits per heavy atom. The molecule has 1 aromatic heterocycles. The molecule has 0 fully saturated rings. The number of hydrogen-bond donors (Lipinski definition) is 2. The van der Waals surface area contributed by atoms with Gasteiger partial charge in [0.25, 0.3) is 5.91 Å². The molecule has 0 radical (unpaired) electrons. The fourth-order valence-electron chi connectivity index (χ4n) is 1.84. The molecule has 1 amide bonds. The van der Waals surface area contributed by atoms with Gasteiger partial charge in [0.05, 0.1) is 0 Å². The number of hydrazine groups is 1. The highest BCUT2D eigenvalue weighted by Gasteiger charge is 2.16. The number of pyridine rings is 1. The number of nitrogen functional groups attached to an aromatic ring is 1. The number of nitrogens with zero attached hydrogens (tertiary/aromatic N) is 2. The fraction of sp³-hybridized carbons (Fsp3) is 0.538. The van der Waals surface area contributed by atoms with Crippen molar-refractivity contribution in [3.05, 3.63) is 23.4 Å². The van der Waals surface area contributed by atoms with E-state index in [0.717, 1.165) is 12.2 Å². The molecule has 1 aromatic rings. The molecule has 18 heavy (non-hydrogen) atoms. The molecule has 0 aliphatic heterocycles. The van der Waals surface area contributed by atoms with Crippen LogP contribution in [0.25, 0.3) is 0 Å². The largest absolute Gasteiger partial charge is 0.339 e. The van der Waals surface area contributed by atoms with E-state index in [0.29, 0.717) is 23.8 Å². The molecule has 1 rings (SSSR count). The normalized spacial score (nSPS) is 10.6. The summed E-state index contributed by atoms with van der Waals surface area (Å²) in [6, 6.07) is 3.46. The molecule has 5 nitrogen and oxygen atoms in total. The van der Waals surface area contributed by atoms with E-state index in [-0.39, 0.29) is 5.91 Å². The number of anilines is 1. The Kier molecular flexibility index (Phi) is 5.09. The number of carbonyl (C=O) groups is 1. The zero-order chi connectivity index (χ0) is 13.7. The molecule has 0 aliphatic carbocycles. The maximum absolute atomic E-state index is 12.4. The number of amides is 1. The van der Waals surface area contributed by atoms with E-state index in [4.69, 9.17) is 5.84 Å². The zero-order valence-electron chi connectivity index (χ0n) is 11.5. The fourth-order valence-corrected chi connectivity index (χ4v) is 1.84. The van der Waals surface area contributed by atoms with Gasteiger partial charge in [0, 0.05) is 24.3 Å². The number of nitrogens with one attached hydrogen (secondary N) is 1. The first-order valence-corrected chi connectivity index (χ1v) is 6.22. The summed E-state index contributed by atoms with van der Waals surface area (Å²) in [6.07, 6.45) is 0. The molecule has 0 saturated carbocycles. The minimum absolute atomic E-state index is 0.0215. The van der Waals surface area contributed by atoms with E-state index < -0.39 is 0 Å². The summed E-state index contributed by atoms with van der Waals surface area (Å²) in [4.78, 5) is 18.4. The van der Waals surface area contributed by atoms with Crippen LogP contribution in [0.1, 0.15) is 36.8 Å². The summed E-state index contributed by atoms with van der Waals surface area (Å²) in [5.74, 6) is 6.32. The van der Waals surface area contributed by atoms with Crippen molar-refractivity contribution in [1.82, 2.24) is 9.88 Å². The van der Waals surface area contributed by atoms with Gasteiger partial charge in [0.1, 0.15) is 5.82 Å². The smallest absolute Gasteiger partial charge is 0.254 e. The minimum Gasteiger partial charge on any atom is -0.339 e. The van der Waals surface area contributed by atoms with Crippen LogP contribution in [0.4, 0.5) is 5.82 Å². The van der Waals surface area contributed by atoms with Crippen molar-refractivity contribution < 1.29 is 4.79 Å². The lowest BCUT2D eigenvalue weighted by Gasteiger charge is -2.23. The first kappa shape index (κ1) is 14.4. The molecule has 100 valence electrons. The van der Waals surface area contributed by atoms with E-state index in [1.165, 1.54) is 0 Å². The SMILES string of the molecule is CCN(CC(C)C)C(=O)c1cc(C)nc(NN)c1. The number of carbonyl (C=O) groups excluding carboxylic acids is 1. The zero-order valence-corrected chi connectivity index (χ0v) is 11.5. The first-order valence-electron chi connectivity index (χ1n) is 6.22. The van der Waals surface area contributed by atoms with Crippen LogP contribution in [-0.2, 0) is 0 Å². The lowest BCUT2D eigenvalue weighted by Crippen LogP contribution is -2.34. The summed E-state index contributed by atoms with van der Waals surface area (Å²) < 4.78 is 0. The van der Waals surface area contributed by atoms with Crippen LogP contribution in [-0.4, -0.2) is 28.9 Å². The Balaban J connectivity index is 2.97. The van der Waals surface area contributed by atoms with Crippen molar-refractivity contribution in [1.29, 1.82) is 0 Å². The summed E-state index contributed by atoms with van der Waals surface area (Å²) in [5.41, 5.74) is 3.87. The van der Waals surface area contributed by atoms with Crippen molar-refractivity contribution in [2.75, 3.05) is 18.5 Å². The van der Waals surface area contributed by atoms with Crippen LogP contribution in [0, 0.1) is 12.8 Å². The predicted octanol–water partition coefficient (Wildman–Crippen LogP) is 1.79. The quantitative estimate of drug-likeness (QED) is 0.617. The number of nitrogens with two attached hydrogens (primary N) is 1. The van der Waals surface area contributed by atoms with Crippen LogP contribution in [0.2, 0.25) is 0 Å². The Morgan fingerprint density at radius 2 is 2.17 bits per heavy atom. The average molecular weight is 250 g/mol. The predicted molar refractivity (Wildman–Crippen MR) is 73.2 cm³/mol. The number of rotatable bonds is 5. The molecule has 0 bridgehead atoms. The second kappa shape index (κ2) is 6.35. The topological polar surface area (TPSA) is 71.2 Å². The summed E-state index contributed by atoms with van der Waals surface area (Å²) in [6.45, 7) is 9.47. The molecule has 0 spiro atoms. The molecule has 0 aliphatic rings. The number of aryl methyl sites for hydroxylation is 1. The Bertz CT molecular complexity index is 417. The van der Waals surface area contributed by atoms with Crippen molar-refractivity contribution in [3.8, 4) is 0 Å². The third-order valence-electron chi connectivity index (χ3n) is 2.60. The van der Waals surface area contributed by atoms with Crippen LogP contribution >= 0.6 is 0 Å². The Labute approximate surface area is 108 Å². The van der Waals surface area contributed by atoms with Crippen molar-refractivity contribution in [3.63, 3.8) is 0 Å². The van der Waals surface area contributed by atoms with Crippen LogP contribution in [0.5, 0.6) is 0 Å². The molecule has 5 heteroatoms. The van der Waals surface area contributed by atoms with E-state index in [9.17, 15) is 4.79 Å². The molecule has 1 heterocycles. The third kappa shape index (κ3) is 3.70. The van der Waals surface area contributed by atoms with Gasteiger partial charge in [-0.15, -0.1) is 0 Å². The van der Waals surface area contributed by atoms with Crippen molar-refractivity contribution in [2.45, 2.75) is 27.7 Å². The van der Waals surface area contributed by atoms with Crippen LogP contribution in [0.15, 0.2) is 12.1 Å². The van der Waals surface area contributed by atoms with Gasteiger partial charge >= 0.3 is 0 Å². The van der Waals surface area contributed by atoms with E-state index in [1.807, 2.05) is 18.7 Å². The van der Waals surface area contributed by atoms with Gasteiger partial charge in [0.15, 0.2) is 0 Å². The summed E-state index contributed by atoms with van der Waals surface area (Å²) in [7, 11) is 0. The van der Waals surface area contributed by atoms with Crippen LogP contribution in [0.3, 0.4) is 0 Å². The van der Waals surface area contributed by atoms with Gasteiger partial charge in [-0.2, -0.15) is 0 Å². The molecule has 0 unspecified atom stereocenters. The first-order chi connectivity index (χ1) is 8.47. The second-order valence-electron chi connectivity index (χ2n) is 4.76. The highest BCUT2D eigenvalue weighted by molar-refractivity contribution is 5.95. The highest BCUT2D eigenvalue weighted by atomic mass is 16.2. The summed E-state index contributed by atoms with van der Waals surface area (Å²) in [5, 5.41) is 0. The number of hydrogen-bond acceptors (Lipinski definition) is 4. The molecule has 0 atom stereocenters. The lowest BCUT2D eigenvalue weighted by molar-refractivity contribution is 0.0745. The highest BCUT2D eigenvalue weighted by Crippen LogP contribution is 2.13. The molecule has 3 N–H and O–H groups in total. The van der Waals surface area contributed by atoms with Gasteiger partial charge in [-0.3, -0.25) is 4.79 Å². The standard InChI is InChI=1S/C13H22N4O/c1-5-17(8-9(2)3)13(18)11-6-10(4)15-12(7-11)16-14/h6-7,9H,5,8,14H2,1-4H3,(H,15,16). The van der Waals surface area contributed by atoms with Gasteiger partial charge in [-0.25, -0.2) is 10.8 Å². The van der Waals surface area contributed by atoms with E-state index in [2.05, 4.69) is 24.3 Å². The Hall–Kier alpha value is -1.62. The van der Waals surface area contributed by atoms with Crippen LogP contribution < -0.4 is 11.3 Å². The average Bonchev–Trinajstić information content (AvgIpc) is 2.34. The molecule has 0 aromatic carbocycles. The van der Waals surface area contributed by atoms with Gasteiger partial charge in [-0.05, 0) is 31.9 Å². The maximum atomic E-state index is 12.4. The van der Waals surface area contributed by atoms with Gasteiger partial charge in [0.2, 0.25) is 0 Å². The monoisotopic (exact) mass is 250 g/mol. The molecular formula is C13H22N4O. The summed E-state index contributed by atoms with van der Waals surface area (Å²) >= 11 is 0. The van der Waals surface area contributed by atoms with Crippen molar-refractivity contribution in [2.24, 2.45) is 11.8 Å². The maximum Gasteiger partial charge on any atom is 0.254 e.